The fourth-order valence-corrected chi connectivity index (χ4v) is 17.6. The van der Waals surface area contributed by atoms with Crippen LogP contribution in [0.15, 0.2) is 23.3 Å². The topological polar surface area (TPSA) is 29.5 Å². The number of hydrogen-bond acceptors (Lipinski definition) is 2. The van der Waals surface area contributed by atoms with Gasteiger partial charge in [0.25, 0.3) is 0 Å². The summed E-state index contributed by atoms with van der Waals surface area (Å²) in [6.07, 6.45) is 40.7. The maximum absolute atomic E-state index is 10.2. The molecule has 6 saturated carbocycles. The van der Waals surface area contributed by atoms with Crippen molar-refractivity contribution in [1.29, 1.82) is 0 Å². The zero-order valence-corrected chi connectivity index (χ0v) is 42.3. The molecule has 0 bridgehead atoms. The molecular weight excluding hydrogens is 768 g/mol. The Hall–Kier alpha value is -0.456. The van der Waals surface area contributed by atoms with E-state index < -0.39 is 0 Å². The van der Waals surface area contributed by atoms with Gasteiger partial charge in [-0.25, -0.2) is 0 Å². The number of rotatable bonds is 12. The van der Waals surface area contributed by atoms with Crippen LogP contribution in [-0.2, 0) is 23.3 Å². The van der Waals surface area contributed by atoms with Crippen LogP contribution in [0.25, 0.3) is 0 Å². The molecule has 0 aromatic rings. The van der Waals surface area contributed by atoms with E-state index in [1.165, 1.54) is 122 Å². The first-order valence-corrected chi connectivity index (χ1v) is 26.2. The van der Waals surface area contributed by atoms with Gasteiger partial charge in [-0.15, -0.1) is 6.42 Å². The van der Waals surface area contributed by atoms with E-state index in [0.717, 1.165) is 90.3 Å². The molecule has 0 unspecified atom stereocenters. The molecule has 0 spiro atoms. The number of aliphatic hydroxyl groups excluding tert-OH is 1. The molecule has 1 N–H and O–H groups in total. The Morgan fingerprint density at radius 2 is 1.08 bits per heavy atom. The molecule has 339 valence electrons. The van der Waals surface area contributed by atoms with E-state index in [1.54, 1.807) is 11.1 Å². The summed E-state index contributed by atoms with van der Waals surface area (Å²) in [5.74, 6) is 13.6. The Kier molecular flexibility index (Phi) is 16.3. The van der Waals surface area contributed by atoms with Crippen LogP contribution in [0.3, 0.4) is 0 Å². The van der Waals surface area contributed by atoms with Crippen molar-refractivity contribution in [2.45, 2.75) is 223 Å². The molecule has 3 heteroatoms. The largest absolute Gasteiger partial charge is 0.393 e. The van der Waals surface area contributed by atoms with Crippen molar-refractivity contribution < 1.29 is 28.4 Å². The minimum atomic E-state index is -0.0766. The number of fused-ring (bicyclic) bond motifs is 10. The van der Waals surface area contributed by atoms with E-state index >= 15 is 0 Å². The van der Waals surface area contributed by atoms with Gasteiger partial charge in [-0.3, -0.25) is 0 Å². The summed E-state index contributed by atoms with van der Waals surface area (Å²) < 4.78 is 5.96. The molecule has 16 atom stereocenters. The van der Waals surface area contributed by atoms with Crippen molar-refractivity contribution in [2.75, 3.05) is 6.61 Å². The van der Waals surface area contributed by atoms with Gasteiger partial charge in [0.1, 0.15) is 6.61 Å². The number of terminal acetylenes is 1. The van der Waals surface area contributed by atoms with Crippen LogP contribution < -0.4 is 0 Å². The van der Waals surface area contributed by atoms with Crippen LogP contribution in [0.2, 0.25) is 0 Å². The molecule has 8 aliphatic carbocycles. The predicted molar refractivity (Wildman–Crippen MR) is 251 cm³/mol. The minimum absolute atomic E-state index is 0. The molecule has 0 saturated heterocycles. The Balaban J connectivity index is 0.000000199. The van der Waals surface area contributed by atoms with Crippen molar-refractivity contribution in [2.24, 2.45) is 92.7 Å². The summed E-state index contributed by atoms with van der Waals surface area (Å²) in [4.78, 5) is 0. The third kappa shape index (κ3) is 9.45. The number of aliphatic hydroxyl groups is 1. The fourth-order valence-electron chi connectivity index (χ4n) is 17.6. The quantitative estimate of drug-likeness (QED) is 0.156. The molecule has 0 heterocycles. The molecule has 8 aliphatic rings. The number of hydrogen-bond donors (Lipinski definition) is 1. The molecule has 0 aliphatic heterocycles. The normalized spacial score (nSPS) is 43.9. The van der Waals surface area contributed by atoms with Crippen LogP contribution in [0.5, 0.6) is 0 Å². The van der Waals surface area contributed by atoms with Gasteiger partial charge >= 0.3 is 0 Å². The van der Waals surface area contributed by atoms with E-state index in [4.69, 9.17) is 11.2 Å². The SMILES string of the molecule is C#CCO[C@H]1CC[C@@]2(C)C(=CC[C@H]3[C@@H]4CC[C@H]([C@H](C)CCCC(C)C)[C@@]4(C)CC[C@@H]32)C1.CC(C)CCC[C@@H](C)[C@H]1CC[C@H]2[C@@H]3CC=C4C[C@@H](O)CC[C@]4(C)[C@H]3CC[C@]12C.[V]. The fraction of sp³-hybridized carbons (Fsp3) is 0.895. The van der Waals surface area contributed by atoms with Crippen molar-refractivity contribution in [1.82, 2.24) is 0 Å². The molecule has 60 heavy (non-hydrogen) atoms. The summed E-state index contributed by atoms with van der Waals surface area (Å²) in [5.41, 5.74) is 5.32. The molecule has 2 nitrogen and oxygen atoms in total. The molecule has 0 aromatic carbocycles. The van der Waals surface area contributed by atoms with E-state index in [9.17, 15) is 5.11 Å². The van der Waals surface area contributed by atoms with Gasteiger partial charge in [0, 0.05) is 18.6 Å². The van der Waals surface area contributed by atoms with Crippen LogP contribution in [0, 0.1) is 105 Å². The van der Waals surface area contributed by atoms with Crippen LogP contribution >= 0.6 is 0 Å². The van der Waals surface area contributed by atoms with Crippen molar-refractivity contribution in [3.8, 4) is 12.3 Å². The Morgan fingerprint density at radius 3 is 1.55 bits per heavy atom. The van der Waals surface area contributed by atoms with Gasteiger partial charge in [0.05, 0.1) is 12.2 Å². The van der Waals surface area contributed by atoms with Crippen LogP contribution in [0.1, 0.15) is 210 Å². The van der Waals surface area contributed by atoms with E-state index in [2.05, 4.69) is 87.3 Å². The van der Waals surface area contributed by atoms with E-state index in [0.29, 0.717) is 34.4 Å². The van der Waals surface area contributed by atoms with Gasteiger partial charge in [-0.05, 0) is 195 Å². The van der Waals surface area contributed by atoms with Crippen LogP contribution in [0.4, 0.5) is 0 Å². The maximum atomic E-state index is 10.2. The first-order valence-electron chi connectivity index (χ1n) is 26.2. The molecule has 0 amide bonds. The Bertz CT molecular complexity index is 1520. The summed E-state index contributed by atoms with van der Waals surface area (Å²) in [6.45, 7) is 25.7. The molecular formula is C57H94O2V. The second-order valence-electron chi connectivity index (χ2n) is 24.9. The minimum Gasteiger partial charge on any atom is -0.393 e. The predicted octanol–water partition coefficient (Wildman–Crippen LogP) is 15.4. The van der Waals surface area contributed by atoms with E-state index in [1.807, 2.05) is 0 Å². The zero-order chi connectivity index (χ0) is 42.3. The maximum Gasteiger partial charge on any atom is 0.107 e. The third-order valence-corrected chi connectivity index (χ3v) is 20.9. The standard InChI is InChI=1S/C30H48O.C27H46O.V/c1-7-19-31-24-15-17-29(5)23(20-24)11-12-25-27-14-13-26(22(4)10-8-9-21(2)3)30(27,6)18-16-28(25)29;1-18(2)7-6-8-19(3)23-11-12-24-22-10-9-20-17-21(28)13-15-26(20,4)25(22)14-16-27(23,24)5;/h1,11,21-22,24-28H,8-10,12-20H2,2-6H3;9,18-19,21-25,28H,6-8,10-17H2,1-5H3;/t22-,24+,25+,26-,27+,28+,29+,30-;19-,21+,22+,23-,24+,25+,26+,27-;/m11./s1. The number of allylic oxidation sites excluding steroid dienone is 2. The average Bonchev–Trinajstić information content (AvgIpc) is 3.74. The summed E-state index contributed by atoms with van der Waals surface area (Å²) in [6, 6.07) is 0. The molecule has 6 fully saturated rings. The zero-order valence-electron chi connectivity index (χ0n) is 40.9. The van der Waals surface area contributed by atoms with Crippen molar-refractivity contribution >= 4 is 0 Å². The van der Waals surface area contributed by atoms with Gasteiger partial charge < -0.3 is 9.84 Å². The van der Waals surface area contributed by atoms with Gasteiger partial charge in [0.2, 0.25) is 0 Å². The van der Waals surface area contributed by atoms with Crippen LogP contribution in [-0.4, -0.2) is 23.9 Å². The first kappa shape index (κ1) is 49.0. The van der Waals surface area contributed by atoms with Gasteiger partial charge in [-0.1, -0.05) is 137 Å². The Morgan fingerprint density at radius 1 is 0.617 bits per heavy atom. The van der Waals surface area contributed by atoms with Crippen molar-refractivity contribution in [3.63, 3.8) is 0 Å². The second-order valence-corrected chi connectivity index (χ2v) is 24.9. The summed E-state index contributed by atoms with van der Waals surface area (Å²) >= 11 is 0. The van der Waals surface area contributed by atoms with Gasteiger partial charge in [-0.2, -0.15) is 0 Å². The van der Waals surface area contributed by atoms with Crippen molar-refractivity contribution in [3.05, 3.63) is 23.3 Å². The smallest absolute Gasteiger partial charge is 0.107 e. The first-order chi connectivity index (χ1) is 28.0. The van der Waals surface area contributed by atoms with E-state index in [-0.39, 0.29) is 24.7 Å². The molecule has 8 rings (SSSR count). The molecule has 0 aromatic heterocycles. The summed E-state index contributed by atoms with van der Waals surface area (Å²) in [5, 5.41) is 10.2. The number of ether oxygens (including phenoxy) is 1. The molecule has 1 radical (unpaired) electrons. The monoisotopic (exact) mass is 862 g/mol. The van der Waals surface area contributed by atoms with Gasteiger partial charge in [0.15, 0.2) is 0 Å². The Labute approximate surface area is 384 Å². The third-order valence-electron chi connectivity index (χ3n) is 20.9. The average molecular weight is 862 g/mol. The second kappa shape index (κ2) is 20.0. The summed E-state index contributed by atoms with van der Waals surface area (Å²) in [7, 11) is 0.